The van der Waals surface area contributed by atoms with Crippen molar-refractivity contribution >= 4 is 16.9 Å². The van der Waals surface area contributed by atoms with Gasteiger partial charge in [0.2, 0.25) is 0 Å². The van der Waals surface area contributed by atoms with Gasteiger partial charge in [-0.1, -0.05) is 22.4 Å². The first-order valence-electron chi connectivity index (χ1n) is 8.14. The summed E-state index contributed by atoms with van der Waals surface area (Å²) in [6.45, 7) is 2.73. The Labute approximate surface area is 149 Å². The standard InChI is InChI=1S/C18H17N5O3/c1-12-19-15-5-3-4-6-17(15)23(12)11-14-9-16(21-26-14)18(24)22(2)10-13-7-8-25-20-13/h3-9H,10-11H2,1-2H3. The lowest BCUT2D eigenvalue weighted by Gasteiger charge is -2.13. The molecule has 0 aliphatic carbocycles. The Balaban J connectivity index is 1.52. The fraction of sp³-hybridized carbons (Fsp3) is 0.222. The molecule has 4 rings (SSSR count). The van der Waals surface area contributed by atoms with Gasteiger partial charge in [-0.25, -0.2) is 4.98 Å². The van der Waals surface area contributed by atoms with Gasteiger partial charge in [0.05, 0.1) is 24.1 Å². The van der Waals surface area contributed by atoms with E-state index in [1.54, 1.807) is 19.2 Å². The predicted molar refractivity (Wildman–Crippen MR) is 92.4 cm³/mol. The number of hydrogen-bond donors (Lipinski definition) is 0. The van der Waals surface area contributed by atoms with Crippen LogP contribution in [0.1, 0.15) is 27.8 Å². The zero-order valence-corrected chi connectivity index (χ0v) is 14.4. The van der Waals surface area contributed by atoms with Crippen molar-refractivity contribution in [1.82, 2.24) is 24.8 Å². The number of amides is 1. The van der Waals surface area contributed by atoms with Crippen molar-refractivity contribution in [2.24, 2.45) is 0 Å². The van der Waals surface area contributed by atoms with Gasteiger partial charge in [0, 0.05) is 19.2 Å². The molecule has 26 heavy (non-hydrogen) atoms. The number of nitrogens with zero attached hydrogens (tertiary/aromatic N) is 5. The minimum atomic E-state index is -0.241. The van der Waals surface area contributed by atoms with Crippen LogP contribution < -0.4 is 0 Å². The molecule has 0 bridgehead atoms. The molecule has 3 heterocycles. The lowest BCUT2D eigenvalue weighted by atomic mass is 10.3. The molecule has 0 fully saturated rings. The summed E-state index contributed by atoms with van der Waals surface area (Å²) in [5.74, 6) is 1.23. The maximum Gasteiger partial charge on any atom is 0.276 e. The van der Waals surface area contributed by atoms with E-state index in [1.807, 2.05) is 35.8 Å². The summed E-state index contributed by atoms with van der Waals surface area (Å²) >= 11 is 0. The quantitative estimate of drug-likeness (QED) is 0.549. The second-order valence-corrected chi connectivity index (χ2v) is 6.06. The van der Waals surface area contributed by atoms with E-state index in [0.717, 1.165) is 16.9 Å². The molecule has 0 atom stereocenters. The maximum absolute atomic E-state index is 12.5. The van der Waals surface area contributed by atoms with Crippen molar-refractivity contribution in [3.8, 4) is 0 Å². The SMILES string of the molecule is Cc1nc2ccccc2n1Cc1cc(C(=O)N(C)Cc2ccon2)no1. The second kappa shape index (κ2) is 6.47. The number of rotatable bonds is 5. The van der Waals surface area contributed by atoms with Gasteiger partial charge in [0.15, 0.2) is 11.5 Å². The highest BCUT2D eigenvalue weighted by molar-refractivity contribution is 5.92. The van der Waals surface area contributed by atoms with Crippen LogP contribution in [0.2, 0.25) is 0 Å². The molecule has 4 aromatic rings. The van der Waals surface area contributed by atoms with Crippen molar-refractivity contribution in [2.75, 3.05) is 7.05 Å². The summed E-state index contributed by atoms with van der Waals surface area (Å²) in [6.07, 6.45) is 1.47. The van der Waals surface area contributed by atoms with Crippen molar-refractivity contribution in [3.05, 3.63) is 65.6 Å². The van der Waals surface area contributed by atoms with Gasteiger partial charge in [-0.3, -0.25) is 4.79 Å². The van der Waals surface area contributed by atoms with E-state index >= 15 is 0 Å². The molecular weight excluding hydrogens is 334 g/mol. The predicted octanol–water partition coefficient (Wildman–Crippen LogP) is 2.64. The fourth-order valence-corrected chi connectivity index (χ4v) is 2.87. The summed E-state index contributed by atoms with van der Waals surface area (Å²) in [5.41, 5.74) is 2.86. The molecule has 0 saturated carbocycles. The largest absolute Gasteiger partial charge is 0.364 e. The highest BCUT2D eigenvalue weighted by Crippen LogP contribution is 2.18. The molecule has 1 amide bonds. The number of para-hydroxylation sites is 2. The Hall–Kier alpha value is -3.42. The first-order valence-corrected chi connectivity index (χ1v) is 8.14. The van der Waals surface area contributed by atoms with Crippen LogP contribution in [0, 0.1) is 6.92 Å². The summed E-state index contributed by atoms with van der Waals surface area (Å²) in [4.78, 5) is 18.5. The molecule has 0 aliphatic heterocycles. The number of imidazole rings is 1. The minimum absolute atomic E-state index is 0.241. The van der Waals surface area contributed by atoms with Crippen LogP contribution in [-0.4, -0.2) is 37.7 Å². The fourth-order valence-electron chi connectivity index (χ4n) is 2.87. The molecule has 3 aromatic heterocycles. The van der Waals surface area contributed by atoms with Gasteiger partial charge < -0.3 is 18.5 Å². The van der Waals surface area contributed by atoms with Crippen LogP contribution in [-0.2, 0) is 13.1 Å². The average Bonchev–Trinajstić information content (AvgIpc) is 3.36. The van der Waals surface area contributed by atoms with Gasteiger partial charge in [-0.15, -0.1) is 0 Å². The highest BCUT2D eigenvalue weighted by Gasteiger charge is 2.19. The van der Waals surface area contributed by atoms with Crippen LogP contribution in [0.5, 0.6) is 0 Å². The van der Waals surface area contributed by atoms with Gasteiger partial charge in [-0.2, -0.15) is 0 Å². The Morgan fingerprint density at radius 3 is 2.88 bits per heavy atom. The maximum atomic E-state index is 12.5. The Morgan fingerprint density at radius 2 is 2.08 bits per heavy atom. The van der Waals surface area contributed by atoms with Gasteiger partial charge in [0.1, 0.15) is 17.8 Å². The normalized spacial score (nSPS) is 11.2. The molecule has 0 N–H and O–H groups in total. The first kappa shape index (κ1) is 16.1. The molecule has 0 radical (unpaired) electrons. The summed E-state index contributed by atoms with van der Waals surface area (Å²) in [7, 11) is 1.68. The highest BCUT2D eigenvalue weighted by atomic mass is 16.5. The van der Waals surface area contributed by atoms with E-state index in [1.165, 1.54) is 11.2 Å². The van der Waals surface area contributed by atoms with Crippen molar-refractivity contribution in [1.29, 1.82) is 0 Å². The topological polar surface area (TPSA) is 90.2 Å². The smallest absolute Gasteiger partial charge is 0.276 e. The monoisotopic (exact) mass is 351 g/mol. The van der Waals surface area contributed by atoms with Crippen LogP contribution >= 0.6 is 0 Å². The minimum Gasteiger partial charge on any atom is -0.364 e. The van der Waals surface area contributed by atoms with Crippen LogP contribution in [0.3, 0.4) is 0 Å². The number of hydrogen-bond acceptors (Lipinski definition) is 6. The third-order valence-corrected chi connectivity index (χ3v) is 4.17. The molecule has 1 aromatic carbocycles. The van der Waals surface area contributed by atoms with Crippen LogP contribution in [0.25, 0.3) is 11.0 Å². The van der Waals surface area contributed by atoms with Crippen LogP contribution in [0.15, 0.2) is 51.7 Å². The van der Waals surface area contributed by atoms with Crippen molar-refractivity contribution in [3.63, 3.8) is 0 Å². The van der Waals surface area contributed by atoms with E-state index < -0.39 is 0 Å². The van der Waals surface area contributed by atoms with Gasteiger partial charge in [-0.05, 0) is 19.1 Å². The first-order chi connectivity index (χ1) is 12.6. The average molecular weight is 351 g/mol. The molecule has 0 saturated heterocycles. The van der Waals surface area contributed by atoms with E-state index in [-0.39, 0.29) is 11.6 Å². The number of aryl methyl sites for hydroxylation is 1. The zero-order chi connectivity index (χ0) is 18.1. The van der Waals surface area contributed by atoms with Crippen molar-refractivity contribution < 1.29 is 13.8 Å². The Morgan fingerprint density at radius 1 is 1.23 bits per heavy atom. The summed E-state index contributed by atoms with van der Waals surface area (Å²) in [5, 5.41) is 7.72. The lowest BCUT2D eigenvalue weighted by molar-refractivity contribution is 0.0771. The molecule has 8 heteroatoms. The van der Waals surface area contributed by atoms with Gasteiger partial charge in [0.25, 0.3) is 5.91 Å². The zero-order valence-electron chi connectivity index (χ0n) is 14.4. The van der Waals surface area contributed by atoms with Gasteiger partial charge >= 0.3 is 0 Å². The molecular formula is C18H17N5O3. The second-order valence-electron chi connectivity index (χ2n) is 6.06. The number of carbonyl (C=O) groups is 1. The summed E-state index contributed by atoms with van der Waals surface area (Å²) < 4.78 is 12.2. The van der Waals surface area contributed by atoms with E-state index in [9.17, 15) is 4.79 Å². The number of carbonyl (C=O) groups excluding carboxylic acids is 1. The van der Waals surface area contributed by atoms with Crippen LogP contribution in [0.4, 0.5) is 0 Å². The molecule has 0 unspecified atom stereocenters. The molecule has 0 spiro atoms. The van der Waals surface area contributed by atoms with E-state index in [2.05, 4.69) is 15.3 Å². The molecule has 0 aliphatic rings. The Kier molecular flexibility index (Phi) is 4.00. The number of benzene rings is 1. The third-order valence-electron chi connectivity index (χ3n) is 4.17. The lowest BCUT2D eigenvalue weighted by Crippen LogP contribution is -2.26. The number of aromatic nitrogens is 4. The Bertz CT molecular complexity index is 1050. The molecule has 132 valence electrons. The van der Waals surface area contributed by atoms with Crippen molar-refractivity contribution in [2.45, 2.75) is 20.0 Å². The molecule has 8 nitrogen and oxygen atoms in total. The number of fused-ring (bicyclic) bond motifs is 1. The summed E-state index contributed by atoms with van der Waals surface area (Å²) in [6, 6.07) is 11.3. The van der Waals surface area contributed by atoms with E-state index in [0.29, 0.717) is 24.5 Å². The third kappa shape index (κ3) is 2.97. The van der Waals surface area contributed by atoms with E-state index in [4.69, 9.17) is 9.05 Å².